The van der Waals surface area contributed by atoms with E-state index in [-0.39, 0.29) is 5.63 Å². The molecule has 0 bridgehead atoms. The Labute approximate surface area is 142 Å². The first-order valence-electron chi connectivity index (χ1n) is 7.95. The van der Waals surface area contributed by atoms with Crippen molar-refractivity contribution in [2.45, 2.75) is 34.1 Å². The molecule has 0 fully saturated rings. The molecule has 0 atom stereocenters. The van der Waals surface area contributed by atoms with Gasteiger partial charge in [0.25, 0.3) is 0 Å². The number of rotatable bonds is 6. The van der Waals surface area contributed by atoms with Crippen LogP contribution < -0.4 is 15.1 Å². The molecule has 4 nitrogen and oxygen atoms in total. The van der Waals surface area contributed by atoms with Crippen LogP contribution in [0.5, 0.6) is 11.5 Å². The summed E-state index contributed by atoms with van der Waals surface area (Å²) in [6, 6.07) is 5.01. The molecule has 1 heterocycles. The third-order valence-corrected chi connectivity index (χ3v) is 3.60. The Kier molecular flexibility index (Phi) is 5.85. The fraction of sp³-hybridized carbons (Fsp3) is 0.350. The Morgan fingerprint density at radius 1 is 1.08 bits per heavy atom. The van der Waals surface area contributed by atoms with Crippen LogP contribution in [0.25, 0.3) is 11.0 Å². The van der Waals surface area contributed by atoms with Crippen LogP contribution in [-0.4, -0.2) is 13.7 Å². The number of hydrogen-bond donors (Lipinski definition) is 0. The monoisotopic (exact) mass is 328 g/mol. The van der Waals surface area contributed by atoms with Crippen molar-refractivity contribution in [3.8, 4) is 11.5 Å². The van der Waals surface area contributed by atoms with Gasteiger partial charge in [0, 0.05) is 17.7 Å². The highest BCUT2D eigenvalue weighted by Crippen LogP contribution is 2.36. The SMILES string of the molecule is COc1cc(OCC=C(C)C)c2ccc(=O)oc2c1CC=C(C)C. The molecule has 0 saturated heterocycles. The van der Waals surface area contributed by atoms with Crippen LogP contribution in [0.15, 0.2) is 50.7 Å². The second kappa shape index (κ2) is 7.86. The molecule has 0 N–H and O–H groups in total. The highest BCUT2D eigenvalue weighted by atomic mass is 16.5. The second-order valence-electron chi connectivity index (χ2n) is 6.13. The van der Waals surface area contributed by atoms with Crippen molar-refractivity contribution < 1.29 is 13.9 Å². The molecule has 0 unspecified atom stereocenters. The molecular formula is C20H24O4. The van der Waals surface area contributed by atoms with E-state index in [1.165, 1.54) is 17.2 Å². The summed E-state index contributed by atoms with van der Waals surface area (Å²) in [6.07, 6.45) is 4.70. The Hall–Kier alpha value is -2.49. The molecular weight excluding hydrogens is 304 g/mol. The molecule has 0 saturated carbocycles. The third kappa shape index (κ3) is 4.28. The van der Waals surface area contributed by atoms with E-state index >= 15 is 0 Å². The van der Waals surface area contributed by atoms with Crippen molar-refractivity contribution in [1.29, 1.82) is 0 Å². The molecule has 1 aromatic carbocycles. The summed E-state index contributed by atoms with van der Waals surface area (Å²) in [5.74, 6) is 1.30. The number of benzene rings is 1. The van der Waals surface area contributed by atoms with E-state index in [2.05, 4.69) is 6.08 Å². The highest BCUT2D eigenvalue weighted by Gasteiger charge is 2.15. The Morgan fingerprint density at radius 3 is 2.42 bits per heavy atom. The minimum Gasteiger partial charge on any atom is -0.496 e. The summed E-state index contributed by atoms with van der Waals surface area (Å²) in [4.78, 5) is 11.7. The van der Waals surface area contributed by atoms with Crippen LogP contribution in [0.1, 0.15) is 33.3 Å². The maximum absolute atomic E-state index is 11.7. The fourth-order valence-corrected chi connectivity index (χ4v) is 2.33. The van der Waals surface area contributed by atoms with Crippen molar-refractivity contribution >= 4 is 11.0 Å². The average Bonchev–Trinajstić information content (AvgIpc) is 2.52. The summed E-state index contributed by atoms with van der Waals surface area (Å²) >= 11 is 0. The molecule has 0 radical (unpaired) electrons. The molecule has 0 aliphatic carbocycles. The largest absolute Gasteiger partial charge is 0.496 e. The molecule has 2 rings (SSSR count). The number of fused-ring (bicyclic) bond motifs is 1. The van der Waals surface area contributed by atoms with Gasteiger partial charge in [-0.2, -0.15) is 0 Å². The standard InChI is InChI=1S/C20H24O4/c1-13(2)6-7-15-17(22-5)12-18(23-11-10-14(3)4)16-8-9-19(21)24-20(15)16/h6,8-10,12H,7,11H2,1-5H3. The lowest BCUT2D eigenvalue weighted by atomic mass is 10.0. The number of allylic oxidation sites excluding steroid dienone is 3. The van der Waals surface area contributed by atoms with Gasteiger partial charge >= 0.3 is 5.63 Å². The first-order chi connectivity index (χ1) is 11.4. The minimum atomic E-state index is -0.385. The number of hydrogen-bond acceptors (Lipinski definition) is 4. The molecule has 24 heavy (non-hydrogen) atoms. The lowest BCUT2D eigenvalue weighted by Crippen LogP contribution is -2.02. The van der Waals surface area contributed by atoms with Gasteiger partial charge in [-0.25, -0.2) is 4.79 Å². The Balaban J connectivity index is 2.60. The van der Waals surface area contributed by atoms with Gasteiger partial charge < -0.3 is 13.9 Å². The quantitative estimate of drug-likeness (QED) is 0.572. The van der Waals surface area contributed by atoms with Crippen molar-refractivity contribution in [3.05, 3.63) is 57.5 Å². The predicted octanol–water partition coefficient (Wildman–Crippen LogP) is 4.66. The van der Waals surface area contributed by atoms with Gasteiger partial charge in [0.1, 0.15) is 23.7 Å². The smallest absolute Gasteiger partial charge is 0.336 e. The van der Waals surface area contributed by atoms with E-state index in [0.717, 1.165) is 10.9 Å². The van der Waals surface area contributed by atoms with Crippen LogP contribution in [0.4, 0.5) is 0 Å². The molecule has 2 aromatic rings. The zero-order valence-corrected chi connectivity index (χ0v) is 14.9. The Bertz CT molecular complexity index is 833. The summed E-state index contributed by atoms with van der Waals surface area (Å²) < 4.78 is 16.8. The van der Waals surface area contributed by atoms with Crippen LogP contribution >= 0.6 is 0 Å². The fourth-order valence-electron chi connectivity index (χ4n) is 2.33. The maximum Gasteiger partial charge on any atom is 0.336 e. The molecule has 0 spiro atoms. The van der Waals surface area contributed by atoms with Crippen molar-refractivity contribution in [1.82, 2.24) is 0 Å². The van der Waals surface area contributed by atoms with Gasteiger partial charge in [-0.05, 0) is 46.3 Å². The van der Waals surface area contributed by atoms with Gasteiger partial charge in [0.2, 0.25) is 0 Å². The number of ether oxygens (including phenoxy) is 2. The second-order valence-corrected chi connectivity index (χ2v) is 6.13. The van der Waals surface area contributed by atoms with Crippen LogP contribution in [0.2, 0.25) is 0 Å². The Morgan fingerprint density at radius 2 is 1.79 bits per heavy atom. The summed E-state index contributed by atoms with van der Waals surface area (Å²) in [5.41, 5.74) is 3.35. The van der Waals surface area contributed by atoms with Crippen LogP contribution in [0, 0.1) is 0 Å². The molecule has 0 aliphatic rings. The van der Waals surface area contributed by atoms with Gasteiger partial charge in [0.05, 0.1) is 12.5 Å². The lowest BCUT2D eigenvalue weighted by Gasteiger charge is -2.14. The average molecular weight is 328 g/mol. The van der Waals surface area contributed by atoms with Crippen molar-refractivity contribution in [3.63, 3.8) is 0 Å². The molecule has 128 valence electrons. The topological polar surface area (TPSA) is 48.7 Å². The van der Waals surface area contributed by atoms with E-state index in [4.69, 9.17) is 13.9 Å². The zero-order valence-electron chi connectivity index (χ0n) is 14.9. The summed E-state index contributed by atoms with van der Waals surface area (Å²) in [6.45, 7) is 8.55. The summed E-state index contributed by atoms with van der Waals surface area (Å²) in [7, 11) is 1.61. The minimum absolute atomic E-state index is 0.385. The van der Waals surface area contributed by atoms with E-state index in [0.29, 0.717) is 30.1 Å². The van der Waals surface area contributed by atoms with E-state index in [1.54, 1.807) is 13.2 Å². The van der Waals surface area contributed by atoms with Crippen LogP contribution in [-0.2, 0) is 6.42 Å². The normalized spacial score (nSPS) is 10.4. The lowest BCUT2D eigenvalue weighted by molar-refractivity contribution is 0.358. The van der Waals surface area contributed by atoms with Gasteiger partial charge in [-0.1, -0.05) is 17.2 Å². The number of methoxy groups -OCH3 is 1. The zero-order chi connectivity index (χ0) is 17.7. The highest BCUT2D eigenvalue weighted by molar-refractivity contribution is 5.88. The first-order valence-corrected chi connectivity index (χ1v) is 7.95. The first kappa shape index (κ1) is 17.9. The molecule has 0 amide bonds. The van der Waals surface area contributed by atoms with E-state index < -0.39 is 0 Å². The maximum atomic E-state index is 11.7. The summed E-state index contributed by atoms with van der Waals surface area (Å²) in [5, 5.41) is 0.773. The van der Waals surface area contributed by atoms with E-state index in [1.807, 2.05) is 39.8 Å². The third-order valence-electron chi connectivity index (χ3n) is 3.60. The molecule has 1 aromatic heterocycles. The van der Waals surface area contributed by atoms with E-state index in [9.17, 15) is 4.79 Å². The van der Waals surface area contributed by atoms with Crippen molar-refractivity contribution in [2.24, 2.45) is 0 Å². The molecule has 4 heteroatoms. The van der Waals surface area contributed by atoms with Gasteiger partial charge in [-0.15, -0.1) is 0 Å². The molecule has 0 aliphatic heterocycles. The van der Waals surface area contributed by atoms with Gasteiger partial charge in [-0.3, -0.25) is 0 Å². The predicted molar refractivity (Wildman–Crippen MR) is 97.1 cm³/mol. The van der Waals surface area contributed by atoms with Crippen LogP contribution in [0.3, 0.4) is 0 Å². The van der Waals surface area contributed by atoms with Crippen molar-refractivity contribution in [2.75, 3.05) is 13.7 Å². The van der Waals surface area contributed by atoms with Gasteiger partial charge in [0.15, 0.2) is 0 Å².